The lowest BCUT2D eigenvalue weighted by Crippen LogP contribution is -2.31. The van der Waals surface area contributed by atoms with Crippen LogP contribution in [0, 0.1) is 6.92 Å². The number of piperidine rings is 1. The summed E-state index contributed by atoms with van der Waals surface area (Å²) in [7, 11) is 0. The topological polar surface area (TPSA) is 51.7 Å². The van der Waals surface area contributed by atoms with Gasteiger partial charge in [0.15, 0.2) is 17.3 Å². The second-order valence-corrected chi connectivity index (χ2v) is 7.49. The lowest BCUT2D eigenvalue weighted by molar-refractivity contribution is 0.103. The zero-order valence-corrected chi connectivity index (χ0v) is 15.9. The van der Waals surface area contributed by atoms with Crippen LogP contribution in [0.2, 0.25) is 0 Å². The average molecular weight is 374 g/mol. The minimum Gasteiger partial charge on any atom is -0.454 e. The van der Waals surface area contributed by atoms with E-state index in [-0.39, 0.29) is 12.6 Å². The molecule has 0 N–H and O–H groups in total. The fourth-order valence-electron chi connectivity index (χ4n) is 4.05. The second-order valence-electron chi connectivity index (χ2n) is 7.49. The van der Waals surface area contributed by atoms with E-state index in [4.69, 9.17) is 9.47 Å². The molecule has 3 aromatic rings. The van der Waals surface area contributed by atoms with Gasteiger partial charge in [0.2, 0.25) is 6.79 Å². The Hall–Kier alpha value is -3.08. The minimum atomic E-state index is 0.00707. The molecule has 0 atom stereocenters. The minimum absolute atomic E-state index is 0.00707. The van der Waals surface area contributed by atoms with Gasteiger partial charge in [0.25, 0.3) is 0 Å². The third-order valence-corrected chi connectivity index (χ3v) is 5.56. The molecule has 1 aromatic heterocycles. The van der Waals surface area contributed by atoms with E-state index in [1.54, 1.807) is 6.20 Å². The summed E-state index contributed by atoms with van der Waals surface area (Å²) < 4.78 is 11.1. The fraction of sp³-hybridized carbons (Fsp3) is 0.304. The smallest absolute Gasteiger partial charge is 0.231 e. The zero-order valence-electron chi connectivity index (χ0n) is 15.9. The third kappa shape index (κ3) is 2.87. The van der Waals surface area contributed by atoms with Crippen molar-refractivity contribution >= 4 is 22.4 Å². The maximum Gasteiger partial charge on any atom is 0.231 e. The van der Waals surface area contributed by atoms with E-state index in [1.165, 1.54) is 6.42 Å². The Bertz CT molecular complexity index is 1050. The molecule has 28 heavy (non-hydrogen) atoms. The van der Waals surface area contributed by atoms with Gasteiger partial charge in [-0.2, -0.15) is 0 Å². The van der Waals surface area contributed by atoms with E-state index in [0.717, 1.165) is 48.1 Å². The van der Waals surface area contributed by atoms with Crippen LogP contribution in [0.25, 0.3) is 10.9 Å². The van der Waals surface area contributed by atoms with Crippen molar-refractivity contribution in [2.75, 3.05) is 24.8 Å². The van der Waals surface area contributed by atoms with Crippen molar-refractivity contribution in [3.63, 3.8) is 0 Å². The Morgan fingerprint density at radius 3 is 2.46 bits per heavy atom. The third-order valence-electron chi connectivity index (χ3n) is 5.56. The predicted octanol–water partition coefficient (Wildman–Crippen LogP) is 4.49. The SMILES string of the molecule is Cc1ccc(C(=O)c2cnc3cc4c(cc3c2N2CCCCC2)OCO4)cc1. The number of aromatic nitrogens is 1. The summed E-state index contributed by atoms with van der Waals surface area (Å²) in [4.78, 5) is 20.3. The van der Waals surface area contributed by atoms with Crippen LogP contribution in [0.1, 0.15) is 40.7 Å². The Morgan fingerprint density at radius 1 is 1.00 bits per heavy atom. The molecule has 0 aliphatic carbocycles. The summed E-state index contributed by atoms with van der Waals surface area (Å²) in [6.45, 7) is 4.14. The Morgan fingerprint density at radius 2 is 1.71 bits per heavy atom. The highest BCUT2D eigenvalue weighted by Gasteiger charge is 2.25. The molecule has 2 aliphatic rings. The number of aryl methyl sites for hydroxylation is 1. The summed E-state index contributed by atoms with van der Waals surface area (Å²) >= 11 is 0. The Kier molecular flexibility index (Phi) is 4.15. The molecule has 0 spiro atoms. The summed E-state index contributed by atoms with van der Waals surface area (Å²) in [5.74, 6) is 1.43. The van der Waals surface area contributed by atoms with Crippen LogP contribution < -0.4 is 14.4 Å². The number of ether oxygens (including phenoxy) is 2. The molecule has 3 heterocycles. The molecule has 2 aliphatic heterocycles. The number of fused-ring (bicyclic) bond motifs is 2. The second kappa shape index (κ2) is 6.82. The lowest BCUT2D eigenvalue weighted by Gasteiger charge is -2.31. The highest BCUT2D eigenvalue weighted by Crippen LogP contribution is 2.41. The Balaban J connectivity index is 1.70. The number of hydrogen-bond acceptors (Lipinski definition) is 5. The van der Waals surface area contributed by atoms with E-state index in [0.29, 0.717) is 22.6 Å². The normalized spacial score (nSPS) is 15.8. The van der Waals surface area contributed by atoms with Crippen molar-refractivity contribution in [2.45, 2.75) is 26.2 Å². The molecule has 0 bridgehead atoms. The number of anilines is 1. The summed E-state index contributed by atoms with van der Waals surface area (Å²) in [6, 6.07) is 11.6. The number of nitrogens with zero attached hydrogens (tertiary/aromatic N) is 2. The van der Waals surface area contributed by atoms with Crippen molar-refractivity contribution in [3.8, 4) is 11.5 Å². The molecular formula is C23H22N2O3. The first-order valence-corrected chi connectivity index (χ1v) is 9.79. The van der Waals surface area contributed by atoms with E-state index in [9.17, 15) is 4.79 Å². The van der Waals surface area contributed by atoms with Crippen molar-refractivity contribution in [1.29, 1.82) is 0 Å². The van der Waals surface area contributed by atoms with Crippen LogP contribution in [-0.4, -0.2) is 30.6 Å². The lowest BCUT2D eigenvalue weighted by atomic mass is 9.97. The van der Waals surface area contributed by atoms with Crippen molar-refractivity contribution in [2.24, 2.45) is 0 Å². The quantitative estimate of drug-likeness (QED) is 0.632. The van der Waals surface area contributed by atoms with Crippen LogP contribution in [0.15, 0.2) is 42.6 Å². The van der Waals surface area contributed by atoms with Crippen LogP contribution in [0.4, 0.5) is 5.69 Å². The van der Waals surface area contributed by atoms with E-state index < -0.39 is 0 Å². The zero-order chi connectivity index (χ0) is 19.1. The first-order valence-electron chi connectivity index (χ1n) is 9.79. The first-order chi connectivity index (χ1) is 13.7. The van der Waals surface area contributed by atoms with Crippen molar-refractivity contribution in [1.82, 2.24) is 4.98 Å². The summed E-state index contributed by atoms with van der Waals surface area (Å²) in [6.07, 6.45) is 5.21. The molecule has 5 nitrogen and oxygen atoms in total. The number of rotatable bonds is 3. The van der Waals surface area contributed by atoms with Gasteiger partial charge >= 0.3 is 0 Å². The van der Waals surface area contributed by atoms with Crippen LogP contribution in [-0.2, 0) is 0 Å². The van der Waals surface area contributed by atoms with Crippen LogP contribution >= 0.6 is 0 Å². The highest BCUT2D eigenvalue weighted by molar-refractivity contribution is 6.16. The number of pyridine rings is 1. The first kappa shape index (κ1) is 17.0. The molecule has 5 rings (SSSR count). The van der Waals surface area contributed by atoms with Gasteiger partial charge in [0.1, 0.15) is 0 Å². The van der Waals surface area contributed by atoms with Crippen LogP contribution in [0.3, 0.4) is 0 Å². The largest absolute Gasteiger partial charge is 0.454 e. The maximum absolute atomic E-state index is 13.4. The maximum atomic E-state index is 13.4. The molecule has 142 valence electrons. The van der Waals surface area contributed by atoms with Gasteiger partial charge in [-0.25, -0.2) is 0 Å². The number of carbonyl (C=O) groups is 1. The Labute approximate surface area is 163 Å². The average Bonchev–Trinajstić information content (AvgIpc) is 3.19. The highest BCUT2D eigenvalue weighted by atomic mass is 16.7. The molecule has 5 heteroatoms. The van der Waals surface area contributed by atoms with E-state index >= 15 is 0 Å². The summed E-state index contributed by atoms with van der Waals surface area (Å²) in [5, 5.41) is 0.948. The predicted molar refractivity (Wildman–Crippen MR) is 109 cm³/mol. The van der Waals surface area contributed by atoms with Gasteiger partial charge < -0.3 is 14.4 Å². The van der Waals surface area contributed by atoms with Gasteiger partial charge in [-0.15, -0.1) is 0 Å². The molecule has 0 unspecified atom stereocenters. The molecule has 1 saturated heterocycles. The number of benzene rings is 2. The van der Waals surface area contributed by atoms with E-state index in [2.05, 4.69) is 9.88 Å². The van der Waals surface area contributed by atoms with Crippen molar-refractivity contribution in [3.05, 3.63) is 59.3 Å². The molecule has 0 saturated carbocycles. The standard InChI is InChI=1S/C23H22N2O3/c1-15-5-7-16(8-6-15)23(26)18-13-24-19-12-21-20(27-14-28-21)11-17(19)22(18)25-9-3-2-4-10-25/h5-8,11-13H,2-4,9-10,14H2,1H3. The number of ketones is 1. The van der Waals surface area contributed by atoms with Crippen LogP contribution in [0.5, 0.6) is 11.5 Å². The molecule has 1 fully saturated rings. The van der Waals surface area contributed by atoms with Gasteiger partial charge in [-0.05, 0) is 32.3 Å². The number of carbonyl (C=O) groups excluding carboxylic acids is 1. The molecular weight excluding hydrogens is 352 g/mol. The van der Waals surface area contributed by atoms with Gasteiger partial charge in [-0.3, -0.25) is 9.78 Å². The van der Waals surface area contributed by atoms with Gasteiger partial charge in [-0.1, -0.05) is 29.8 Å². The molecule has 2 aromatic carbocycles. The van der Waals surface area contributed by atoms with Gasteiger partial charge in [0, 0.05) is 36.3 Å². The van der Waals surface area contributed by atoms with Gasteiger partial charge in [0.05, 0.1) is 16.8 Å². The summed E-state index contributed by atoms with van der Waals surface area (Å²) in [5.41, 5.74) is 4.26. The monoisotopic (exact) mass is 374 g/mol. The van der Waals surface area contributed by atoms with Crippen molar-refractivity contribution < 1.29 is 14.3 Å². The number of hydrogen-bond donors (Lipinski definition) is 0. The molecule has 0 amide bonds. The molecule has 0 radical (unpaired) electrons. The van der Waals surface area contributed by atoms with E-state index in [1.807, 2.05) is 43.3 Å². The fourth-order valence-corrected chi connectivity index (χ4v) is 4.05.